The molecule has 0 saturated heterocycles. The Balaban J connectivity index is 1.49. The number of nitrogens with zero attached hydrogens (tertiary/aromatic N) is 2. The van der Waals surface area contributed by atoms with Crippen LogP contribution in [0.2, 0.25) is 0 Å². The number of rotatable bonds is 7. The molecule has 1 fully saturated rings. The van der Waals surface area contributed by atoms with Gasteiger partial charge in [0.15, 0.2) is 11.6 Å². The molecule has 1 aliphatic rings. The topological polar surface area (TPSA) is 81.2 Å². The first kappa shape index (κ1) is 22.5. The summed E-state index contributed by atoms with van der Waals surface area (Å²) in [5.74, 6) is -2.64. The first-order valence-corrected chi connectivity index (χ1v) is 12.3. The number of aromatic nitrogens is 2. The molecular weight excluding hydrogens is 463 g/mol. The molecule has 1 aliphatic carbocycles. The Kier molecular flexibility index (Phi) is 6.66. The van der Waals surface area contributed by atoms with Gasteiger partial charge in [-0.1, -0.05) is 25.0 Å². The Morgan fingerprint density at radius 1 is 1.06 bits per heavy atom. The van der Waals surface area contributed by atoms with Crippen molar-refractivity contribution in [1.82, 2.24) is 9.36 Å². The zero-order chi connectivity index (χ0) is 22.7. The summed E-state index contributed by atoms with van der Waals surface area (Å²) in [7, 11) is -4.38. The van der Waals surface area contributed by atoms with Crippen molar-refractivity contribution < 1.29 is 26.3 Å². The maximum Gasteiger partial charge on any atom is 0.266 e. The summed E-state index contributed by atoms with van der Waals surface area (Å²) in [5, 5.41) is -0.0609. The molecule has 0 spiro atoms. The van der Waals surface area contributed by atoms with Crippen molar-refractivity contribution in [2.24, 2.45) is 5.92 Å². The van der Waals surface area contributed by atoms with E-state index in [-0.39, 0.29) is 35.1 Å². The number of hydrogen-bond donors (Lipinski definition) is 1. The fourth-order valence-electron chi connectivity index (χ4n) is 3.97. The summed E-state index contributed by atoms with van der Waals surface area (Å²) in [4.78, 5) is 2.82. The first-order valence-electron chi connectivity index (χ1n) is 10.0. The Hall–Kier alpha value is -2.66. The van der Waals surface area contributed by atoms with Crippen LogP contribution >= 0.6 is 11.5 Å². The molecule has 1 saturated carbocycles. The summed E-state index contributed by atoms with van der Waals surface area (Å²) in [5.41, 5.74) is 0.982. The third kappa shape index (κ3) is 5.04. The molecule has 3 aromatic rings. The summed E-state index contributed by atoms with van der Waals surface area (Å²) >= 11 is 0.768. The molecule has 170 valence electrons. The van der Waals surface area contributed by atoms with Gasteiger partial charge in [0.05, 0.1) is 6.61 Å². The van der Waals surface area contributed by atoms with Crippen LogP contribution in [0.3, 0.4) is 0 Å². The number of anilines is 1. The van der Waals surface area contributed by atoms with E-state index in [1.165, 1.54) is 12.1 Å². The van der Waals surface area contributed by atoms with E-state index in [0.717, 1.165) is 55.2 Å². The van der Waals surface area contributed by atoms with Crippen LogP contribution in [-0.4, -0.2) is 24.4 Å². The van der Waals surface area contributed by atoms with Gasteiger partial charge in [-0.15, -0.1) is 0 Å². The Morgan fingerprint density at radius 2 is 1.81 bits per heavy atom. The zero-order valence-electron chi connectivity index (χ0n) is 16.8. The van der Waals surface area contributed by atoms with Gasteiger partial charge < -0.3 is 4.74 Å². The van der Waals surface area contributed by atoms with Gasteiger partial charge in [-0.25, -0.2) is 26.6 Å². The highest BCUT2D eigenvalue weighted by Gasteiger charge is 2.28. The molecule has 1 aromatic heterocycles. The van der Waals surface area contributed by atoms with Crippen molar-refractivity contribution in [3.8, 4) is 5.75 Å². The minimum absolute atomic E-state index is 0.0409. The Labute approximate surface area is 187 Å². The van der Waals surface area contributed by atoms with Crippen LogP contribution in [0.15, 0.2) is 47.6 Å². The van der Waals surface area contributed by atoms with Crippen LogP contribution in [0.1, 0.15) is 37.2 Å². The van der Waals surface area contributed by atoms with Crippen LogP contribution in [0, 0.1) is 23.4 Å². The number of halogens is 3. The smallest absolute Gasteiger partial charge is 0.266 e. The number of nitrogens with one attached hydrogen (secondary N) is 1. The molecule has 0 amide bonds. The quantitative estimate of drug-likeness (QED) is 0.505. The maximum absolute atomic E-state index is 14.6. The molecular formula is C21H20F3N3O3S2. The highest BCUT2D eigenvalue weighted by Crippen LogP contribution is 2.38. The minimum atomic E-state index is -4.38. The lowest BCUT2D eigenvalue weighted by Crippen LogP contribution is -2.24. The lowest BCUT2D eigenvalue weighted by atomic mass is 9.76. The van der Waals surface area contributed by atoms with E-state index >= 15 is 0 Å². The molecule has 0 unspecified atom stereocenters. The van der Waals surface area contributed by atoms with Crippen LogP contribution in [0.5, 0.6) is 5.75 Å². The Morgan fingerprint density at radius 3 is 2.53 bits per heavy atom. The average Bonchev–Trinajstić information content (AvgIpc) is 3.27. The lowest BCUT2D eigenvalue weighted by Gasteiger charge is -2.32. The third-order valence-corrected chi connectivity index (χ3v) is 7.58. The van der Waals surface area contributed by atoms with E-state index in [9.17, 15) is 21.6 Å². The Bertz CT molecular complexity index is 1170. The fourth-order valence-corrected chi connectivity index (χ4v) is 5.70. The predicted molar refractivity (Wildman–Crippen MR) is 114 cm³/mol. The average molecular weight is 484 g/mol. The van der Waals surface area contributed by atoms with Crippen molar-refractivity contribution in [2.75, 3.05) is 11.3 Å². The molecule has 1 heterocycles. The minimum Gasteiger partial charge on any atom is -0.490 e. The normalized spacial score (nSPS) is 19.0. The molecule has 4 rings (SSSR count). The lowest BCUT2D eigenvalue weighted by molar-refractivity contribution is 0.180. The van der Waals surface area contributed by atoms with Crippen molar-refractivity contribution >= 4 is 26.7 Å². The van der Waals surface area contributed by atoms with Gasteiger partial charge in [-0.2, -0.15) is 4.37 Å². The third-order valence-electron chi connectivity index (χ3n) is 5.52. The van der Waals surface area contributed by atoms with Crippen LogP contribution in [0.4, 0.5) is 18.3 Å². The largest absolute Gasteiger partial charge is 0.490 e. The van der Waals surface area contributed by atoms with Gasteiger partial charge in [0.2, 0.25) is 5.13 Å². The molecule has 0 aliphatic heterocycles. The van der Waals surface area contributed by atoms with E-state index in [4.69, 9.17) is 4.74 Å². The van der Waals surface area contributed by atoms with E-state index in [1.807, 2.05) is 0 Å². The molecule has 2 atom stereocenters. The molecule has 11 heteroatoms. The van der Waals surface area contributed by atoms with Gasteiger partial charge in [0, 0.05) is 23.7 Å². The summed E-state index contributed by atoms with van der Waals surface area (Å²) in [6.45, 7) is 0.132. The molecule has 0 radical (unpaired) electrons. The number of ether oxygens (including phenoxy) is 1. The van der Waals surface area contributed by atoms with Crippen LogP contribution < -0.4 is 9.46 Å². The zero-order valence-corrected chi connectivity index (χ0v) is 18.4. The second-order valence-corrected chi connectivity index (χ2v) is 10.0. The van der Waals surface area contributed by atoms with Crippen molar-refractivity contribution in [2.45, 2.75) is 36.5 Å². The van der Waals surface area contributed by atoms with E-state index in [0.29, 0.717) is 6.07 Å². The monoisotopic (exact) mass is 483 g/mol. The second kappa shape index (κ2) is 9.45. The SMILES string of the molecule is O=S(=O)(Nc1ncns1)c1cc(F)c(OC[C@H]2CCCC[C@@H]2c2ccc(F)cc2)cc1F. The fraction of sp³-hybridized carbons (Fsp3) is 0.333. The standard InChI is InChI=1S/C21H20F3N3O3S2/c22-15-7-5-13(6-8-15)16-4-2-1-3-14(16)11-30-19-9-18(24)20(10-17(19)23)32(28,29)27-21-25-12-26-31-21/h5-10,12,14,16H,1-4,11H2,(H,25,26,27)/t14-,16-/m1/s1. The van der Waals surface area contributed by atoms with Gasteiger partial charge >= 0.3 is 0 Å². The number of hydrogen-bond acceptors (Lipinski definition) is 6. The number of benzene rings is 2. The van der Waals surface area contributed by atoms with E-state index in [1.54, 1.807) is 12.1 Å². The van der Waals surface area contributed by atoms with Gasteiger partial charge in [0.25, 0.3) is 10.0 Å². The summed E-state index contributed by atoms with van der Waals surface area (Å²) in [6.07, 6.45) is 4.88. The van der Waals surface area contributed by atoms with Crippen LogP contribution in [-0.2, 0) is 10.0 Å². The van der Waals surface area contributed by atoms with Crippen molar-refractivity contribution in [1.29, 1.82) is 0 Å². The first-order chi connectivity index (χ1) is 15.3. The second-order valence-electron chi connectivity index (χ2n) is 7.58. The van der Waals surface area contributed by atoms with E-state index in [2.05, 4.69) is 14.1 Å². The van der Waals surface area contributed by atoms with Crippen molar-refractivity contribution in [3.63, 3.8) is 0 Å². The molecule has 32 heavy (non-hydrogen) atoms. The van der Waals surface area contributed by atoms with Gasteiger partial charge in [0.1, 0.15) is 22.9 Å². The van der Waals surface area contributed by atoms with E-state index < -0.39 is 26.6 Å². The highest BCUT2D eigenvalue weighted by molar-refractivity contribution is 7.93. The summed E-state index contributed by atoms with van der Waals surface area (Å²) in [6, 6.07) is 7.62. The predicted octanol–water partition coefficient (Wildman–Crippen LogP) is 5.11. The molecule has 2 aromatic carbocycles. The summed E-state index contributed by atoms with van der Waals surface area (Å²) < 4.78 is 78.5. The molecule has 6 nitrogen and oxygen atoms in total. The van der Waals surface area contributed by atoms with Crippen molar-refractivity contribution in [3.05, 3.63) is 65.7 Å². The number of sulfonamides is 1. The molecule has 0 bridgehead atoms. The van der Waals surface area contributed by atoms with Gasteiger partial charge in [-0.05, 0) is 42.4 Å². The van der Waals surface area contributed by atoms with Gasteiger partial charge in [-0.3, -0.25) is 4.72 Å². The molecule has 1 N–H and O–H groups in total. The van der Waals surface area contributed by atoms with Crippen LogP contribution in [0.25, 0.3) is 0 Å². The highest BCUT2D eigenvalue weighted by atomic mass is 32.2. The maximum atomic E-state index is 14.6.